The molecule has 1 aromatic rings. The SMILES string of the molecule is CCN(CC)S(=O)(=O)c1cc([N+](=O)[O-])ccc1NNC(=S)NCCOC. The molecule has 0 radical (unpaired) electrons. The number of hydrogen-bond acceptors (Lipinski definition) is 7. The Labute approximate surface area is 158 Å². The largest absolute Gasteiger partial charge is 0.383 e. The number of non-ortho nitro benzene ring substituents is 1. The Kier molecular flexibility index (Phi) is 8.65. The van der Waals surface area contributed by atoms with E-state index >= 15 is 0 Å². The first kappa shape index (κ1) is 22.0. The lowest BCUT2D eigenvalue weighted by Crippen LogP contribution is -2.40. The molecule has 0 saturated carbocycles. The topological polar surface area (TPSA) is 126 Å². The van der Waals surface area contributed by atoms with Gasteiger partial charge in [-0.05, 0) is 18.3 Å². The van der Waals surface area contributed by atoms with Crippen molar-refractivity contribution in [3.05, 3.63) is 28.3 Å². The summed E-state index contributed by atoms with van der Waals surface area (Å²) in [6.07, 6.45) is 0. The Morgan fingerprint density at radius 2 is 2.00 bits per heavy atom. The normalized spacial score (nSPS) is 11.2. The van der Waals surface area contributed by atoms with Gasteiger partial charge in [0.15, 0.2) is 5.11 Å². The van der Waals surface area contributed by atoms with E-state index in [4.69, 9.17) is 17.0 Å². The van der Waals surface area contributed by atoms with Crippen LogP contribution in [0.5, 0.6) is 0 Å². The Morgan fingerprint density at radius 1 is 1.35 bits per heavy atom. The molecule has 0 aliphatic rings. The highest BCUT2D eigenvalue weighted by molar-refractivity contribution is 7.89. The van der Waals surface area contributed by atoms with Gasteiger partial charge in [-0.2, -0.15) is 4.31 Å². The lowest BCUT2D eigenvalue weighted by atomic mass is 10.3. The molecule has 0 fully saturated rings. The number of thiocarbonyl (C=S) groups is 1. The summed E-state index contributed by atoms with van der Waals surface area (Å²) in [5, 5.41) is 14.1. The van der Waals surface area contributed by atoms with Gasteiger partial charge in [-0.1, -0.05) is 13.8 Å². The van der Waals surface area contributed by atoms with E-state index in [2.05, 4.69) is 16.2 Å². The second kappa shape index (κ2) is 10.2. The van der Waals surface area contributed by atoms with Crippen LogP contribution in [0.4, 0.5) is 11.4 Å². The second-order valence-electron chi connectivity index (χ2n) is 5.03. The van der Waals surface area contributed by atoms with Crippen molar-refractivity contribution in [3.63, 3.8) is 0 Å². The zero-order chi connectivity index (χ0) is 19.7. The minimum Gasteiger partial charge on any atom is -0.383 e. The van der Waals surface area contributed by atoms with Crippen LogP contribution in [0.15, 0.2) is 23.1 Å². The third kappa shape index (κ3) is 5.76. The van der Waals surface area contributed by atoms with E-state index in [0.29, 0.717) is 13.2 Å². The Bertz CT molecular complexity index is 737. The van der Waals surface area contributed by atoms with E-state index in [9.17, 15) is 18.5 Å². The summed E-state index contributed by atoms with van der Waals surface area (Å²) in [5.74, 6) is 0. The van der Waals surface area contributed by atoms with Crippen LogP contribution in [0, 0.1) is 10.1 Å². The number of benzene rings is 1. The molecule has 0 amide bonds. The molecule has 1 aromatic carbocycles. The maximum Gasteiger partial charge on any atom is 0.270 e. The molecule has 1 rings (SSSR count). The van der Waals surface area contributed by atoms with Crippen molar-refractivity contribution in [2.45, 2.75) is 18.7 Å². The molecule has 10 nitrogen and oxygen atoms in total. The quantitative estimate of drug-likeness (QED) is 0.227. The van der Waals surface area contributed by atoms with Gasteiger partial charge in [0.1, 0.15) is 4.90 Å². The number of hydrazine groups is 1. The molecule has 0 aliphatic heterocycles. The monoisotopic (exact) mass is 405 g/mol. The highest BCUT2D eigenvalue weighted by Crippen LogP contribution is 2.28. The van der Waals surface area contributed by atoms with E-state index in [1.165, 1.54) is 16.4 Å². The summed E-state index contributed by atoms with van der Waals surface area (Å²) in [5.41, 5.74) is 5.18. The van der Waals surface area contributed by atoms with Gasteiger partial charge in [-0.25, -0.2) is 8.42 Å². The fraction of sp³-hybridized carbons (Fsp3) is 0.500. The predicted molar refractivity (Wildman–Crippen MR) is 102 cm³/mol. The number of rotatable bonds is 10. The first-order valence-electron chi connectivity index (χ1n) is 7.85. The molecule has 0 bridgehead atoms. The number of nitrogens with zero attached hydrogens (tertiary/aromatic N) is 2. The predicted octanol–water partition coefficient (Wildman–Crippen LogP) is 1.06. The van der Waals surface area contributed by atoms with Crippen LogP contribution < -0.4 is 16.2 Å². The summed E-state index contributed by atoms with van der Waals surface area (Å²) in [6, 6.07) is 3.56. The van der Waals surface area contributed by atoms with Crippen molar-refractivity contribution < 1.29 is 18.1 Å². The molecule has 26 heavy (non-hydrogen) atoms. The minimum absolute atomic E-state index is 0.151. The van der Waals surface area contributed by atoms with Gasteiger partial charge >= 0.3 is 0 Å². The maximum absolute atomic E-state index is 12.8. The van der Waals surface area contributed by atoms with Crippen LogP contribution in [-0.4, -0.2) is 56.1 Å². The van der Waals surface area contributed by atoms with E-state index in [1.807, 2.05) is 0 Å². The second-order valence-corrected chi connectivity index (χ2v) is 7.34. The number of nitrogens with one attached hydrogen (secondary N) is 3. The number of sulfonamides is 1. The van der Waals surface area contributed by atoms with Gasteiger partial charge in [0.2, 0.25) is 10.0 Å². The lowest BCUT2D eigenvalue weighted by molar-refractivity contribution is -0.385. The summed E-state index contributed by atoms with van der Waals surface area (Å²) < 4.78 is 31.7. The van der Waals surface area contributed by atoms with Crippen LogP contribution in [0.2, 0.25) is 0 Å². The van der Waals surface area contributed by atoms with Gasteiger partial charge in [0, 0.05) is 38.9 Å². The summed E-state index contributed by atoms with van der Waals surface area (Å²) in [6.45, 7) is 4.78. The van der Waals surface area contributed by atoms with Gasteiger partial charge < -0.3 is 10.1 Å². The van der Waals surface area contributed by atoms with Gasteiger partial charge in [0.05, 0.1) is 17.2 Å². The third-order valence-electron chi connectivity index (χ3n) is 3.40. The zero-order valence-corrected chi connectivity index (χ0v) is 16.4. The number of anilines is 1. The van der Waals surface area contributed by atoms with Crippen molar-refractivity contribution in [3.8, 4) is 0 Å². The molecule has 0 saturated heterocycles. The molecule has 0 atom stereocenters. The van der Waals surface area contributed by atoms with Crippen LogP contribution in [-0.2, 0) is 14.8 Å². The first-order chi connectivity index (χ1) is 12.3. The number of nitro groups is 1. The summed E-state index contributed by atoms with van der Waals surface area (Å²) in [7, 11) is -2.36. The van der Waals surface area contributed by atoms with Crippen LogP contribution in [0.1, 0.15) is 13.8 Å². The van der Waals surface area contributed by atoms with E-state index in [1.54, 1.807) is 21.0 Å². The van der Waals surface area contributed by atoms with Crippen molar-refractivity contribution in [1.29, 1.82) is 0 Å². The van der Waals surface area contributed by atoms with E-state index in [0.717, 1.165) is 6.07 Å². The average molecular weight is 406 g/mol. The van der Waals surface area contributed by atoms with Crippen LogP contribution >= 0.6 is 12.2 Å². The third-order valence-corrected chi connectivity index (χ3v) is 5.74. The molecule has 0 aromatic heterocycles. The highest BCUT2D eigenvalue weighted by Gasteiger charge is 2.27. The highest BCUT2D eigenvalue weighted by atomic mass is 32.2. The molecule has 3 N–H and O–H groups in total. The van der Waals surface area contributed by atoms with Crippen molar-refractivity contribution >= 4 is 38.7 Å². The molecular formula is C14H23N5O5S2. The Balaban J connectivity index is 3.12. The average Bonchev–Trinajstić information content (AvgIpc) is 2.60. The van der Waals surface area contributed by atoms with Gasteiger partial charge in [0.25, 0.3) is 5.69 Å². The Hall–Kier alpha value is -2.02. The van der Waals surface area contributed by atoms with Crippen molar-refractivity contribution in [2.75, 3.05) is 38.8 Å². The molecule has 0 spiro atoms. The van der Waals surface area contributed by atoms with Gasteiger partial charge in [-0.15, -0.1) is 0 Å². The van der Waals surface area contributed by atoms with E-state index in [-0.39, 0.29) is 34.5 Å². The van der Waals surface area contributed by atoms with Crippen molar-refractivity contribution in [1.82, 2.24) is 15.0 Å². The molecule has 0 aliphatic carbocycles. The minimum atomic E-state index is -3.91. The summed E-state index contributed by atoms with van der Waals surface area (Å²) >= 11 is 5.06. The van der Waals surface area contributed by atoms with Crippen LogP contribution in [0.25, 0.3) is 0 Å². The van der Waals surface area contributed by atoms with Crippen LogP contribution in [0.3, 0.4) is 0 Å². The fourth-order valence-electron chi connectivity index (χ4n) is 2.08. The molecule has 146 valence electrons. The fourth-order valence-corrected chi connectivity index (χ4v) is 3.86. The van der Waals surface area contributed by atoms with E-state index < -0.39 is 14.9 Å². The maximum atomic E-state index is 12.8. The molecule has 0 unspecified atom stereocenters. The number of ether oxygens (including phenoxy) is 1. The molecule has 12 heteroatoms. The van der Waals surface area contributed by atoms with Gasteiger partial charge in [-0.3, -0.25) is 21.0 Å². The molecular weight excluding hydrogens is 382 g/mol. The first-order valence-corrected chi connectivity index (χ1v) is 9.70. The number of methoxy groups -OCH3 is 1. The molecule has 0 heterocycles. The zero-order valence-electron chi connectivity index (χ0n) is 14.8. The Morgan fingerprint density at radius 3 is 2.54 bits per heavy atom. The smallest absolute Gasteiger partial charge is 0.270 e. The number of hydrogen-bond donors (Lipinski definition) is 3. The van der Waals surface area contributed by atoms with Crippen molar-refractivity contribution in [2.24, 2.45) is 0 Å². The summed E-state index contributed by atoms with van der Waals surface area (Å²) in [4.78, 5) is 10.2. The number of nitro benzene ring substituents is 1. The standard InChI is InChI=1S/C14H23N5O5S2/c1-4-18(5-2)26(22,23)13-10-11(19(20)21)6-7-12(13)16-17-14(25)15-8-9-24-3/h6-7,10,16H,4-5,8-9H2,1-3H3,(H2,15,17,25). The lowest BCUT2D eigenvalue weighted by Gasteiger charge is -2.21.